The summed E-state index contributed by atoms with van der Waals surface area (Å²) in [6.45, 7) is 6.17. The van der Waals surface area contributed by atoms with Crippen LogP contribution in [0.1, 0.15) is 45.4 Å². The molecule has 1 fully saturated rings. The van der Waals surface area contributed by atoms with E-state index in [-0.39, 0.29) is 5.91 Å². The van der Waals surface area contributed by atoms with Gasteiger partial charge in [-0.05, 0) is 26.2 Å². The SMILES string of the molecule is C=CCC(C)NCC(=O)NC1CCCCC1. The van der Waals surface area contributed by atoms with Crippen molar-refractivity contribution in [1.29, 1.82) is 0 Å². The second-order valence-corrected chi connectivity index (χ2v) is 4.71. The molecule has 0 aromatic carbocycles. The molecule has 2 N–H and O–H groups in total. The quantitative estimate of drug-likeness (QED) is 0.677. The first-order valence-electron chi connectivity index (χ1n) is 6.36. The highest BCUT2D eigenvalue weighted by molar-refractivity contribution is 5.78. The Morgan fingerprint density at radius 2 is 2.12 bits per heavy atom. The third-order valence-electron chi connectivity index (χ3n) is 3.10. The Bertz CT molecular complexity index is 222. The maximum absolute atomic E-state index is 11.6. The van der Waals surface area contributed by atoms with Crippen molar-refractivity contribution >= 4 is 5.91 Å². The first-order chi connectivity index (χ1) is 7.72. The van der Waals surface area contributed by atoms with Gasteiger partial charge in [0.1, 0.15) is 0 Å². The minimum Gasteiger partial charge on any atom is -0.352 e. The molecule has 0 heterocycles. The number of nitrogens with one attached hydrogen (secondary N) is 2. The molecule has 0 radical (unpaired) electrons. The van der Waals surface area contributed by atoms with Crippen LogP contribution in [0, 0.1) is 0 Å². The topological polar surface area (TPSA) is 41.1 Å². The lowest BCUT2D eigenvalue weighted by molar-refractivity contribution is -0.121. The van der Waals surface area contributed by atoms with E-state index in [2.05, 4.69) is 24.1 Å². The first-order valence-corrected chi connectivity index (χ1v) is 6.36. The molecule has 1 rings (SSSR count). The summed E-state index contributed by atoms with van der Waals surface area (Å²) in [6, 6.07) is 0.743. The van der Waals surface area contributed by atoms with Crippen LogP contribution in [0.15, 0.2) is 12.7 Å². The Kier molecular flexibility index (Phi) is 6.16. The minimum absolute atomic E-state index is 0.128. The van der Waals surface area contributed by atoms with Crippen molar-refractivity contribution in [3.63, 3.8) is 0 Å². The van der Waals surface area contributed by atoms with Crippen molar-refractivity contribution in [2.75, 3.05) is 6.54 Å². The molecular formula is C13H24N2O. The summed E-state index contributed by atoms with van der Waals surface area (Å²) in [5.41, 5.74) is 0. The molecule has 0 aromatic heterocycles. The molecular weight excluding hydrogens is 200 g/mol. The second-order valence-electron chi connectivity index (χ2n) is 4.71. The molecule has 1 aliphatic rings. The van der Waals surface area contributed by atoms with Gasteiger partial charge in [0, 0.05) is 12.1 Å². The van der Waals surface area contributed by atoms with E-state index in [4.69, 9.17) is 0 Å². The van der Waals surface area contributed by atoms with Gasteiger partial charge in [-0.25, -0.2) is 0 Å². The van der Waals surface area contributed by atoms with Crippen LogP contribution >= 0.6 is 0 Å². The Hall–Kier alpha value is -0.830. The summed E-state index contributed by atoms with van der Waals surface area (Å²) >= 11 is 0. The predicted molar refractivity (Wildman–Crippen MR) is 67.3 cm³/mol. The van der Waals surface area contributed by atoms with E-state index >= 15 is 0 Å². The Labute approximate surface area is 98.7 Å². The van der Waals surface area contributed by atoms with Crippen molar-refractivity contribution in [3.05, 3.63) is 12.7 Å². The van der Waals surface area contributed by atoms with Crippen molar-refractivity contribution < 1.29 is 4.79 Å². The van der Waals surface area contributed by atoms with Gasteiger partial charge in [0.2, 0.25) is 5.91 Å². The van der Waals surface area contributed by atoms with Crippen LogP contribution < -0.4 is 10.6 Å². The van der Waals surface area contributed by atoms with Crippen LogP contribution in [0.2, 0.25) is 0 Å². The molecule has 92 valence electrons. The van der Waals surface area contributed by atoms with Gasteiger partial charge in [0.25, 0.3) is 0 Å². The lowest BCUT2D eigenvalue weighted by Crippen LogP contribution is -2.43. The normalized spacial score (nSPS) is 19.1. The lowest BCUT2D eigenvalue weighted by Gasteiger charge is -2.23. The number of carbonyl (C=O) groups excluding carboxylic acids is 1. The zero-order valence-electron chi connectivity index (χ0n) is 10.3. The van der Waals surface area contributed by atoms with Gasteiger partial charge in [0.15, 0.2) is 0 Å². The van der Waals surface area contributed by atoms with Gasteiger partial charge in [-0.2, -0.15) is 0 Å². The minimum atomic E-state index is 0.128. The van der Waals surface area contributed by atoms with Gasteiger partial charge in [-0.15, -0.1) is 6.58 Å². The average Bonchev–Trinajstić information content (AvgIpc) is 2.28. The Morgan fingerprint density at radius 1 is 1.44 bits per heavy atom. The smallest absolute Gasteiger partial charge is 0.234 e. The number of carbonyl (C=O) groups is 1. The molecule has 0 aromatic rings. The molecule has 0 aliphatic heterocycles. The second kappa shape index (κ2) is 7.44. The molecule has 0 saturated heterocycles. The number of rotatable bonds is 6. The van der Waals surface area contributed by atoms with E-state index in [1.165, 1.54) is 19.3 Å². The van der Waals surface area contributed by atoms with E-state index in [1.807, 2.05) is 6.08 Å². The fourth-order valence-electron chi connectivity index (χ4n) is 2.13. The van der Waals surface area contributed by atoms with Crippen LogP contribution in [0.4, 0.5) is 0 Å². The van der Waals surface area contributed by atoms with Gasteiger partial charge in [-0.1, -0.05) is 25.3 Å². The zero-order valence-corrected chi connectivity index (χ0v) is 10.3. The molecule has 16 heavy (non-hydrogen) atoms. The van der Waals surface area contributed by atoms with Crippen LogP contribution in [0.5, 0.6) is 0 Å². The van der Waals surface area contributed by atoms with E-state index < -0.39 is 0 Å². The van der Waals surface area contributed by atoms with Crippen LogP contribution in [0.3, 0.4) is 0 Å². The molecule has 0 spiro atoms. The maximum atomic E-state index is 11.6. The summed E-state index contributed by atoms with van der Waals surface area (Å²) in [5, 5.41) is 6.28. The van der Waals surface area contributed by atoms with Gasteiger partial charge < -0.3 is 10.6 Å². The largest absolute Gasteiger partial charge is 0.352 e. The number of amides is 1. The third kappa shape index (κ3) is 5.31. The van der Waals surface area contributed by atoms with Gasteiger partial charge >= 0.3 is 0 Å². The Morgan fingerprint density at radius 3 is 2.75 bits per heavy atom. The molecule has 3 heteroatoms. The fraction of sp³-hybridized carbons (Fsp3) is 0.769. The van der Waals surface area contributed by atoms with Gasteiger partial charge in [-0.3, -0.25) is 4.79 Å². The molecule has 1 atom stereocenters. The van der Waals surface area contributed by atoms with Crippen molar-refractivity contribution in [2.24, 2.45) is 0 Å². The third-order valence-corrected chi connectivity index (χ3v) is 3.10. The summed E-state index contributed by atoms with van der Waals surface area (Å²) in [6.07, 6.45) is 8.90. The maximum Gasteiger partial charge on any atom is 0.234 e. The van der Waals surface area contributed by atoms with Crippen molar-refractivity contribution in [3.8, 4) is 0 Å². The van der Waals surface area contributed by atoms with Crippen LogP contribution in [-0.4, -0.2) is 24.5 Å². The van der Waals surface area contributed by atoms with Gasteiger partial charge in [0.05, 0.1) is 6.54 Å². The summed E-state index contributed by atoms with van der Waals surface area (Å²) in [7, 11) is 0. The van der Waals surface area contributed by atoms with Crippen LogP contribution in [0.25, 0.3) is 0 Å². The van der Waals surface area contributed by atoms with E-state index in [0.29, 0.717) is 18.6 Å². The highest BCUT2D eigenvalue weighted by Crippen LogP contribution is 2.17. The molecule has 1 saturated carbocycles. The molecule has 0 bridgehead atoms. The zero-order chi connectivity index (χ0) is 11.8. The number of hydrogen-bond acceptors (Lipinski definition) is 2. The highest BCUT2D eigenvalue weighted by atomic mass is 16.1. The van der Waals surface area contributed by atoms with E-state index in [0.717, 1.165) is 19.3 Å². The van der Waals surface area contributed by atoms with E-state index in [1.54, 1.807) is 0 Å². The van der Waals surface area contributed by atoms with E-state index in [9.17, 15) is 4.79 Å². The summed E-state index contributed by atoms with van der Waals surface area (Å²) in [4.78, 5) is 11.6. The predicted octanol–water partition coefficient (Wildman–Crippen LogP) is 1.99. The summed E-state index contributed by atoms with van der Waals surface area (Å²) < 4.78 is 0. The monoisotopic (exact) mass is 224 g/mol. The molecule has 1 amide bonds. The lowest BCUT2D eigenvalue weighted by atomic mass is 9.95. The molecule has 1 unspecified atom stereocenters. The molecule has 1 aliphatic carbocycles. The average molecular weight is 224 g/mol. The Balaban J connectivity index is 2.12. The number of hydrogen-bond donors (Lipinski definition) is 2. The highest BCUT2D eigenvalue weighted by Gasteiger charge is 2.15. The van der Waals surface area contributed by atoms with Crippen molar-refractivity contribution in [1.82, 2.24) is 10.6 Å². The van der Waals surface area contributed by atoms with Crippen molar-refractivity contribution in [2.45, 2.75) is 57.5 Å². The molecule has 3 nitrogen and oxygen atoms in total. The standard InChI is InChI=1S/C13H24N2O/c1-3-7-11(2)14-10-13(16)15-12-8-5-4-6-9-12/h3,11-12,14H,1,4-10H2,2H3,(H,15,16). The fourth-order valence-corrected chi connectivity index (χ4v) is 2.13. The van der Waals surface area contributed by atoms with Crippen LogP contribution in [-0.2, 0) is 4.79 Å². The summed E-state index contributed by atoms with van der Waals surface area (Å²) in [5.74, 6) is 0.128. The first kappa shape index (κ1) is 13.2.